The lowest BCUT2D eigenvalue weighted by Gasteiger charge is -2.10. The van der Waals surface area contributed by atoms with Crippen molar-refractivity contribution in [2.24, 2.45) is 0 Å². The van der Waals surface area contributed by atoms with E-state index in [1.165, 1.54) is 11.4 Å². The first-order valence-corrected chi connectivity index (χ1v) is 4.79. The minimum Gasteiger partial charge on any atom is -0.348 e. The van der Waals surface area contributed by atoms with Gasteiger partial charge in [-0.15, -0.1) is 0 Å². The summed E-state index contributed by atoms with van der Waals surface area (Å²) in [4.78, 5) is 0.548. The van der Waals surface area contributed by atoms with Crippen LogP contribution in [0.25, 0.3) is 0 Å². The summed E-state index contributed by atoms with van der Waals surface area (Å²) >= 11 is 3.54. The van der Waals surface area contributed by atoms with Crippen molar-refractivity contribution in [3.63, 3.8) is 0 Å². The molecule has 0 amide bonds. The summed E-state index contributed by atoms with van der Waals surface area (Å²) < 4.78 is 2.32. The first kappa shape index (κ1) is 8.85. The van der Waals surface area contributed by atoms with Crippen LogP contribution in [0, 0.1) is 13.8 Å². The third-order valence-electron chi connectivity index (χ3n) is 1.85. The fourth-order valence-electron chi connectivity index (χ4n) is 1.24. The van der Waals surface area contributed by atoms with Crippen molar-refractivity contribution < 1.29 is 0 Å². The third kappa shape index (κ3) is 2.09. The highest BCUT2D eigenvalue weighted by Gasteiger charge is 2.02. The Kier molecular flexibility index (Phi) is 2.77. The number of alkyl halides is 1. The van der Waals surface area contributed by atoms with Crippen LogP contribution in [-0.4, -0.2) is 9.39 Å². The van der Waals surface area contributed by atoms with Gasteiger partial charge in [0.05, 0.1) is 0 Å². The first-order chi connectivity index (χ1) is 5.11. The second-order valence-electron chi connectivity index (χ2n) is 3.01. The van der Waals surface area contributed by atoms with Crippen LogP contribution in [-0.2, 0) is 6.54 Å². The quantitative estimate of drug-likeness (QED) is 0.670. The molecule has 1 atom stereocenters. The van der Waals surface area contributed by atoms with Crippen LogP contribution in [0.2, 0.25) is 0 Å². The molecule has 0 bridgehead atoms. The SMILES string of the molecule is Cc1ccc(C)n1C[C@@H](C)Br. The zero-order chi connectivity index (χ0) is 8.43. The van der Waals surface area contributed by atoms with Gasteiger partial charge in [0.2, 0.25) is 0 Å². The van der Waals surface area contributed by atoms with E-state index in [2.05, 4.69) is 53.4 Å². The summed E-state index contributed by atoms with van der Waals surface area (Å²) in [5.41, 5.74) is 2.68. The van der Waals surface area contributed by atoms with Crippen molar-refractivity contribution in [2.75, 3.05) is 0 Å². The van der Waals surface area contributed by atoms with Crippen LogP contribution in [0.4, 0.5) is 0 Å². The van der Waals surface area contributed by atoms with E-state index in [1.54, 1.807) is 0 Å². The van der Waals surface area contributed by atoms with Crippen molar-refractivity contribution in [1.82, 2.24) is 4.57 Å². The summed E-state index contributed by atoms with van der Waals surface area (Å²) in [5.74, 6) is 0. The highest BCUT2D eigenvalue weighted by Crippen LogP contribution is 2.10. The second-order valence-corrected chi connectivity index (χ2v) is 4.57. The molecule has 1 heterocycles. The molecule has 0 unspecified atom stereocenters. The minimum absolute atomic E-state index is 0.548. The van der Waals surface area contributed by atoms with Crippen molar-refractivity contribution in [3.8, 4) is 0 Å². The van der Waals surface area contributed by atoms with Gasteiger partial charge in [-0.1, -0.05) is 22.9 Å². The Labute approximate surface area is 76.5 Å². The Hall–Kier alpha value is -0.240. The van der Waals surface area contributed by atoms with E-state index in [9.17, 15) is 0 Å². The van der Waals surface area contributed by atoms with Crippen molar-refractivity contribution in [3.05, 3.63) is 23.5 Å². The van der Waals surface area contributed by atoms with Crippen LogP contribution in [0.3, 0.4) is 0 Å². The average molecular weight is 216 g/mol. The maximum absolute atomic E-state index is 3.54. The van der Waals surface area contributed by atoms with E-state index in [0.29, 0.717) is 4.83 Å². The van der Waals surface area contributed by atoms with E-state index in [1.807, 2.05) is 0 Å². The number of nitrogens with zero attached hydrogens (tertiary/aromatic N) is 1. The van der Waals surface area contributed by atoms with Crippen molar-refractivity contribution in [1.29, 1.82) is 0 Å². The van der Waals surface area contributed by atoms with E-state index in [0.717, 1.165) is 6.54 Å². The van der Waals surface area contributed by atoms with E-state index in [-0.39, 0.29) is 0 Å². The molecule has 11 heavy (non-hydrogen) atoms. The molecule has 0 aliphatic carbocycles. The molecule has 2 heteroatoms. The fourth-order valence-corrected chi connectivity index (χ4v) is 1.53. The largest absolute Gasteiger partial charge is 0.348 e. The molecule has 0 fully saturated rings. The molecule has 1 rings (SSSR count). The van der Waals surface area contributed by atoms with Gasteiger partial charge in [-0.2, -0.15) is 0 Å². The predicted octanol–water partition coefficient (Wildman–Crippen LogP) is 2.89. The molecule has 0 spiro atoms. The average Bonchev–Trinajstić information content (AvgIpc) is 2.18. The van der Waals surface area contributed by atoms with Gasteiger partial charge in [-0.05, 0) is 26.0 Å². The number of hydrogen-bond acceptors (Lipinski definition) is 0. The molecule has 62 valence electrons. The Morgan fingerprint density at radius 3 is 2.18 bits per heavy atom. The molecule has 1 aromatic heterocycles. The molecule has 0 saturated heterocycles. The van der Waals surface area contributed by atoms with Crippen LogP contribution in [0.1, 0.15) is 18.3 Å². The summed E-state index contributed by atoms with van der Waals surface area (Å²) in [6, 6.07) is 4.31. The number of aromatic nitrogens is 1. The number of hydrogen-bond donors (Lipinski definition) is 0. The van der Waals surface area contributed by atoms with Crippen molar-refractivity contribution in [2.45, 2.75) is 32.1 Å². The van der Waals surface area contributed by atoms with Gasteiger partial charge in [0.1, 0.15) is 0 Å². The second kappa shape index (κ2) is 3.44. The summed E-state index contributed by atoms with van der Waals surface area (Å²) in [5, 5.41) is 0. The molecule has 0 aliphatic rings. The molecule has 0 N–H and O–H groups in total. The lowest BCUT2D eigenvalue weighted by Crippen LogP contribution is -2.08. The fraction of sp³-hybridized carbons (Fsp3) is 0.556. The zero-order valence-corrected chi connectivity index (χ0v) is 8.85. The molecule has 0 saturated carbocycles. The molecule has 0 radical (unpaired) electrons. The molecule has 1 nitrogen and oxygen atoms in total. The summed E-state index contributed by atoms with van der Waals surface area (Å²) in [7, 11) is 0. The molecule has 0 aliphatic heterocycles. The Balaban J connectivity index is 2.83. The predicted molar refractivity (Wildman–Crippen MR) is 52.3 cm³/mol. The Morgan fingerprint density at radius 1 is 1.36 bits per heavy atom. The van der Waals surface area contributed by atoms with Gasteiger partial charge in [0, 0.05) is 22.8 Å². The van der Waals surface area contributed by atoms with E-state index >= 15 is 0 Å². The van der Waals surface area contributed by atoms with E-state index < -0.39 is 0 Å². The Bertz CT molecular complexity index is 218. The van der Waals surface area contributed by atoms with Gasteiger partial charge < -0.3 is 4.57 Å². The standard InChI is InChI=1S/C9H14BrN/c1-7(10)6-11-8(2)4-5-9(11)3/h4-5,7H,6H2,1-3H3/t7-/m1/s1. The Morgan fingerprint density at radius 2 is 1.82 bits per heavy atom. The monoisotopic (exact) mass is 215 g/mol. The van der Waals surface area contributed by atoms with Crippen molar-refractivity contribution >= 4 is 15.9 Å². The molecular weight excluding hydrogens is 202 g/mol. The van der Waals surface area contributed by atoms with Gasteiger partial charge >= 0.3 is 0 Å². The molecule has 1 aromatic rings. The van der Waals surface area contributed by atoms with Gasteiger partial charge in [-0.25, -0.2) is 0 Å². The summed E-state index contributed by atoms with van der Waals surface area (Å²) in [6.45, 7) is 7.51. The van der Waals surface area contributed by atoms with Crippen LogP contribution >= 0.6 is 15.9 Å². The normalized spacial score (nSPS) is 13.5. The number of rotatable bonds is 2. The van der Waals surface area contributed by atoms with Crippen LogP contribution in [0.15, 0.2) is 12.1 Å². The highest BCUT2D eigenvalue weighted by atomic mass is 79.9. The maximum atomic E-state index is 3.54. The van der Waals surface area contributed by atoms with E-state index in [4.69, 9.17) is 0 Å². The number of halogens is 1. The number of aryl methyl sites for hydroxylation is 2. The van der Waals surface area contributed by atoms with Gasteiger partial charge in [0.15, 0.2) is 0 Å². The highest BCUT2D eigenvalue weighted by molar-refractivity contribution is 9.09. The van der Waals surface area contributed by atoms with Gasteiger partial charge in [0.25, 0.3) is 0 Å². The smallest absolute Gasteiger partial charge is 0.0347 e. The maximum Gasteiger partial charge on any atom is 0.0347 e. The lowest BCUT2D eigenvalue weighted by atomic mass is 10.4. The molecular formula is C9H14BrN. The minimum atomic E-state index is 0.548. The summed E-state index contributed by atoms with van der Waals surface area (Å²) in [6.07, 6.45) is 0. The topological polar surface area (TPSA) is 4.93 Å². The zero-order valence-electron chi connectivity index (χ0n) is 7.26. The van der Waals surface area contributed by atoms with Crippen LogP contribution in [0.5, 0.6) is 0 Å². The first-order valence-electron chi connectivity index (χ1n) is 3.88. The lowest BCUT2D eigenvalue weighted by molar-refractivity contribution is 0.666. The van der Waals surface area contributed by atoms with Gasteiger partial charge in [-0.3, -0.25) is 0 Å². The van der Waals surface area contributed by atoms with Crippen LogP contribution < -0.4 is 0 Å². The molecule has 0 aromatic carbocycles. The third-order valence-corrected chi connectivity index (χ3v) is 2.14.